The summed E-state index contributed by atoms with van der Waals surface area (Å²) in [5.74, 6) is 0.749. The fourth-order valence-electron chi connectivity index (χ4n) is 1.78. The molecule has 1 aromatic heterocycles. The maximum absolute atomic E-state index is 13.1. The molecule has 0 bridgehead atoms. The number of hydrogen-bond donors (Lipinski definition) is 1. The lowest BCUT2D eigenvalue weighted by molar-refractivity contribution is 0.280. The van der Waals surface area contributed by atoms with Crippen molar-refractivity contribution in [2.45, 2.75) is 40.3 Å². The van der Waals surface area contributed by atoms with Crippen molar-refractivity contribution in [3.63, 3.8) is 0 Å². The third-order valence-corrected chi connectivity index (χ3v) is 2.54. The van der Waals surface area contributed by atoms with Gasteiger partial charge in [-0.15, -0.1) is 0 Å². The van der Waals surface area contributed by atoms with Gasteiger partial charge in [0.2, 0.25) is 0 Å². The van der Waals surface area contributed by atoms with Gasteiger partial charge in [0.15, 0.2) is 0 Å². The molecule has 0 aromatic carbocycles. The summed E-state index contributed by atoms with van der Waals surface area (Å²) in [6.07, 6.45) is 1.20. The standard InChI is InChI=1S/C13H21FN2O/c1-9(2)7-16(10(3)4)13-11(8-17)5-12(14)6-15-13/h5-6,9-10,17H,7-8H2,1-4H3. The van der Waals surface area contributed by atoms with Crippen molar-refractivity contribution >= 4 is 5.82 Å². The summed E-state index contributed by atoms with van der Waals surface area (Å²) < 4.78 is 13.1. The van der Waals surface area contributed by atoms with Crippen LogP contribution >= 0.6 is 0 Å². The van der Waals surface area contributed by atoms with E-state index in [4.69, 9.17) is 0 Å². The highest BCUT2D eigenvalue weighted by atomic mass is 19.1. The number of nitrogens with zero attached hydrogens (tertiary/aromatic N) is 2. The molecule has 0 aliphatic rings. The molecule has 0 radical (unpaired) electrons. The summed E-state index contributed by atoms with van der Waals surface area (Å²) in [6, 6.07) is 1.61. The van der Waals surface area contributed by atoms with E-state index in [2.05, 4.69) is 37.6 Å². The first-order valence-electron chi connectivity index (χ1n) is 5.97. The zero-order valence-corrected chi connectivity index (χ0v) is 10.9. The molecule has 3 nitrogen and oxygen atoms in total. The average Bonchev–Trinajstić information content (AvgIpc) is 2.25. The molecule has 96 valence electrons. The minimum Gasteiger partial charge on any atom is -0.392 e. The highest BCUT2D eigenvalue weighted by Crippen LogP contribution is 2.22. The molecule has 0 saturated carbocycles. The largest absolute Gasteiger partial charge is 0.392 e. The Morgan fingerprint density at radius 2 is 2.00 bits per heavy atom. The van der Waals surface area contributed by atoms with Crippen LogP contribution in [0.4, 0.5) is 10.2 Å². The fraction of sp³-hybridized carbons (Fsp3) is 0.615. The smallest absolute Gasteiger partial charge is 0.142 e. The third kappa shape index (κ3) is 3.66. The zero-order chi connectivity index (χ0) is 13.0. The number of aliphatic hydroxyl groups is 1. The monoisotopic (exact) mass is 240 g/mol. The van der Waals surface area contributed by atoms with E-state index in [9.17, 15) is 9.50 Å². The molecular formula is C13H21FN2O. The first kappa shape index (κ1) is 13.9. The number of halogens is 1. The van der Waals surface area contributed by atoms with Crippen molar-refractivity contribution < 1.29 is 9.50 Å². The highest BCUT2D eigenvalue weighted by molar-refractivity contribution is 5.47. The van der Waals surface area contributed by atoms with Gasteiger partial charge in [0, 0.05) is 18.2 Å². The number of anilines is 1. The van der Waals surface area contributed by atoms with Crippen molar-refractivity contribution in [2.24, 2.45) is 5.92 Å². The molecule has 17 heavy (non-hydrogen) atoms. The van der Waals surface area contributed by atoms with E-state index in [1.165, 1.54) is 12.3 Å². The number of rotatable bonds is 5. The number of aromatic nitrogens is 1. The van der Waals surface area contributed by atoms with Gasteiger partial charge in [-0.05, 0) is 25.8 Å². The Kier molecular flexibility index (Phi) is 4.87. The quantitative estimate of drug-likeness (QED) is 0.859. The van der Waals surface area contributed by atoms with E-state index in [0.29, 0.717) is 17.3 Å². The van der Waals surface area contributed by atoms with Crippen LogP contribution < -0.4 is 4.90 Å². The first-order valence-corrected chi connectivity index (χ1v) is 5.97. The summed E-state index contributed by atoms with van der Waals surface area (Å²) in [7, 11) is 0. The van der Waals surface area contributed by atoms with Crippen LogP contribution in [0.2, 0.25) is 0 Å². The van der Waals surface area contributed by atoms with Gasteiger partial charge in [-0.1, -0.05) is 13.8 Å². The van der Waals surface area contributed by atoms with Gasteiger partial charge in [-0.3, -0.25) is 0 Å². The lowest BCUT2D eigenvalue weighted by Gasteiger charge is -2.31. The van der Waals surface area contributed by atoms with Crippen molar-refractivity contribution in [3.05, 3.63) is 23.6 Å². The van der Waals surface area contributed by atoms with Gasteiger partial charge >= 0.3 is 0 Å². The third-order valence-electron chi connectivity index (χ3n) is 2.54. The molecule has 0 aliphatic heterocycles. The van der Waals surface area contributed by atoms with Crippen molar-refractivity contribution in [2.75, 3.05) is 11.4 Å². The second-order valence-corrected chi connectivity index (χ2v) is 4.93. The normalized spacial score (nSPS) is 11.3. The van der Waals surface area contributed by atoms with E-state index in [1.54, 1.807) is 0 Å². The molecule has 0 amide bonds. The molecular weight excluding hydrogens is 219 g/mol. The van der Waals surface area contributed by atoms with Crippen molar-refractivity contribution in [3.8, 4) is 0 Å². The molecule has 1 heterocycles. The Morgan fingerprint density at radius 3 is 2.47 bits per heavy atom. The Morgan fingerprint density at radius 1 is 1.35 bits per heavy atom. The van der Waals surface area contributed by atoms with Gasteiger partial charge in [0.1, 0.15) is 11.6 Å². The number of aliphatic hydroxyl groups excluding tert-OH is 1. The van der Waals surface area contributed by atoms with Crippen LogP contribution in [0.15, 0.2) is 12.3 Å². The van der Waals surface area contributed by atoms with Crippen LogP contribution in [-0.2, 0) is 6.61 Å². The SMILES string of the molecule is CC(C)CN(c1ncc(F)cc1CO)C(C)C. The Labute approximate surface area is 102 Å². The van der Waals surface area contributed by atoms with Crippen molar-refractivity contribution in [1.82, 2.24) is 4.98 Å². The van der Waals surface area contributed by atoms with E-state index in [-0.39, 0.29) is 12.6 Å². The maximum atomic E-state index is 13.1. The zero-order valence-electron chi connectivity index (χ0n) is 10.9. The molecule has 4 heteroatoms. The molecule has 1 rings (SSSR count). The van der Waals surface area contributed by atoms with E-state index in [1.807, 2.05) is 0 Å². The van der Waals surface area contributed by atoms with Gasteiger partial charge in [0.25, 0.3) is 0 Å². The number of pyridine rings is 1. The molecule has 1 N–H and O–H groups in total. The van der Waals surface area contributed by atoms with Crippen LogP contribution in [0.5, 0.6) is 0 Å². The highest BCUT2D eigenvalue weighted by Gasteiger charge is 2.17. The summed E-state index contributed by atoms with van der Waals surface area (Å²) >= 11 is 0. The number of hydrogen-bond acceptors (Lipinski definition) is 3. The molecule has 0 aliphatic carbocycles. The predicted octanol–water partition coefficient (Wildman–Crippen LogP) is 2.58. The van der Waals surface area contributed by atoms with Gasteiger partial charge in [0.05, 0.1) is 12.8 Å². The van der Waals surface area contributed by atoms with Gasteiger partial charge in [-0.25, -0.2) is 9.37 Å². The predicted molar refractivity (Wildman–Crippen MR) is 67.4 cm³/mol. The summed E-state index contributed by atoms with van der Waals surface area (Å²) in [4.78, 5) is 6.21. The van der Waals surface area contributed by atoms with E-state index in [0.717, 1.165) is 6.54 Å². The van der Waals surface area contributed by atoms with Gasteiger partial charge in [-0.2, -0.15) is 0 Å². The maximum Gasteiger partial charge on any atom is 0.142 e. The minimum atomic E-state index is -0.411. The van der Waals surface area contributed by atoms with Crippen LogP contribution in [0.25, 0.3) is 0 Å². The van der Waals surface area contributed by atoms with E-state index >= 15 is 0 Å². The second kappa shape index (κ2) is 5.96. The lowest BCUT2D eigenvalue weighted by atomic mass is 10.1. The summed E-state index contributed by atoms with van der Waals surface area (Å²) in [6.45, 7) is 9.02. The molecule has 0 fully saturated rings. The molecule has 0 spiro atoms. The first-order chi connectivity index (χ1) is 7.95. The Balaban J connectivity index is 3.08. The molecule has 0 saturated heterocycles. The molecule has 0 atom stereocenters. The van der Waals surface area contributed by atoms with E-state index < -0.39 is 5.82 Å². The van der Waals surface area contributed by atoms with Gasteiger partial charge < -0.3 is 10.0 Å². The lowest BCUT2D eigenvalue weighted by Crippen LogP contribution is -2.35. The molecule has 0 unspecified atom stereocenters. The Hall–Kier alpha value is -1.16. The van der Waals surface area contributed by atoms with Crippen LogP contribution in [0.3, 0.4) is 0 Å². The van der Waals surface area contributed by atoms with Crippen LogP contribution in [-0.4, -0.2) is 22.7 Å². The minimum absolute atomic E-state index is 0.193. The topological polar surface area (TPSA) is 36.4 Å². The molecule has 1 aromatic rings. The van der Waals surface area contributed by atoms with Crippen LogP contribution in [0, 0.1) is 11.7 Å². The average molecular weight is 240 g/mol. The fourth-order valence-corrected chi connectivity index (χ4v) is 1.78. The Bertz CT molecular complexity index is 366. The van der Waals surface area contributed by atoms with Crippen LogP contribution in [0.1, 0.15) is 33.3 Å². The summed E-state index contributed by atoms with van der Waals surface area (Å²) in [5.41, 5.74) is 0.541. The van der Waals surface area contributed by atoms with Crippen molar-refractivity contribution in [1.29, 1.82) is 0 Å². The summed E-state index contributed by atoms with van der Waals surface area (Å²) in [5, 5.41) is 9.27. The second-order valence-electron chi connectivity index (χ2n) is 4.93.